The molecule has 0 saturated carbocycles. The van der Waals surface area contributed by atoms with Crippen molar-refractivity contribution >= 4 is 11.8 Å². The Kier molecular flexibility index (Phi) is 8.60. The first kappa shape index (κ1) is 20.6. The molecule has 0 aliphatic heterocycles. The van der Waals surface area contributed by atoms with Gasteiger partial charge < -0.3 is 24.8 Å². The average molecular weight is 352 g/mol. The van der Waals surface area contributed by atoms with Gasteiger partial charge in [-0.05, 0) is 46.8 Å². The molecule has 0 unspecified atom stereocenters. The van der Waals surface area contributed by atoms with E-state index < -0.39 is 0 Å². The molecule has 1 aromatic rings. The van der Waals surface area contributed by atoms with Crippen molar-refractivity contribution in [3.63, 3.8) is 0 Å². The third kappa shape index (κ3) is 6.52. The summed E-state index contributed by atoms with van der Waals surface area (Å²) >= 11 is 0. The van der Waals surface area contributed by atoms with Crippen LogP contribution in [0.4, 0.5) is 0 Å². The molecule has 25 heavy (non-hydrogen) atoms. The van der Waals surface area contributed by atoms with Crippen LogP contribution in [0.1, 0.15) is 45.0 Å². The minimum Gasteiger partial charge on any atom is -0.490 e. The van der Waals surface area contributed by atoms with Gasteiger partial charge in [-0.15, -0.1) is 0 Å². The van der Waals surface area contributed by atoms with Crippen molar-refractivity contribution in [1.82, 2.24) is 10.6 Å². The lowest BCUT2D eigenvalue weighted by molar-refractivity contribution is -0.120. The van der Waals surface area contributed by atoms with Crippen molar-refractivity contribution in [3.05, 3.63) is 17.7 Å². The van der Waals surface area contributed by atoms with E-state index in [0.717, 1.165) is 0 Å². The number of carbonyl (C=O) groups is 2. The van der Waals surface area contributed by atoms with Crippen molar-refractivity contribution in [1.29, 1.82) is 0 Å². The molecule has 1 rings (SSSR count). The van der Waals surface area contributed by atoms with Crippen LogP contribution >= 0.6 is 0 Å². The van der Waals surface area contributed by atoms with Crippen LogP contribution in [0.5, 0.6) is 17.2 Å². The molecule has 0 saturated heterocycles. The van der Waals surface area contributed by atoms with Crippen LogP contribution in [-0.4, -0.2) is 44.2 Å². The Bertz CT molecular complexity index is 560. The minimum atomic E-state index is -0.385. The fourth-order valence-electron chi connectivity index (χ4n) is 2.16. The zero-order chi connectivity index (χ0) is 18.8. The second-order valence-corrected chi connectivity index (χ2v) is 5.51. The Balaban J connectivity index is 3.01. The molecule has 0 radical (unpaired) electrons. The molecule has 0 spiro atoms. The van der Waals surface area contributed by atoms with Crippen molar-refractivity contribution in [2.45, 2.75) is 40.7 Å². The molecule has 1 aromatic carbocycles. The Hall–Kier alpha value is -2.44. The van der Waals surface area contributed by atoms with Crippen molar-refractivity contribution in [2.75, 3.05) is 26.4 Å². The SMILES string of the molecule is CCOc1cc(C(=O)NCC(=O)NC(C)C)cc(OCC)c1OCC. The first-order valence-electron chi connectivity index (χ1n) is 8.56. The van der Waals surface area contributed by atoms with Gasteiger partial charge in [-0.1, -0.05) is 0 Å². The number of nitrogens with one attached hydrogen (secondary N) is 2. The first-order valence-corrected chi connectivity index (χ1v) is 8.56. The Morgan fingerprint density at radius 2 is 1.48 bits per heavy atom. The third-order valence-corrected chi connectivity index (χ3v) is 3.03. The van der Waals surface area contributed by atoms with Gasteiger partial charge in [-0.3, -0.25) is 9.59 Å². The van der Waals surface area contributed by atoms with E-state index in [0.29, 0.717) is 42.6 Å². The predicted octanol–water partition coefficient (Wildman–Crippen LogP) is 2.14. The van der Waals surface area contributed by atoms with Gasteiger partial charge in [0.25, 0.3) is 5.91 Å². The van der Waals surface area contributed by atoms with Gasteiger partial charge >= 0.3 is 0 Å². The highest BCUT2D eigenvalue weighted by atomic mass is 16.5. The maximum atomic E-state index is 12.4. The molecule has 7 nitrogen and oxygen atoms in total. The molecule has 0 bridgehead atoms. The lowest BCUT2D eigenvalue weighted by Gasteiger charge is -2.17. The fourth-order valence-corrected chi connectivity index (χ4v) is 2.16. The highest BCUT2D eigenvalue weighted by molar-refractivity contribution is 5.97. The molecule has 2 N–H and O–H groups in total. The maximum absolute atomic E-state index is 12.4. The number of hydrogen-bond acceptors (Lipinski definition) is 5. The van der Waals surface area contributed by atoms with Crippen molar-refractivity contribution in [2.24, 2.45) is 0 Å². The zero-order valence-corrected chi connectivity index (χ0v) is 15.6. The van der Waals surface area contributed by atoms with Crippen molar-refractivity contribution < 1.29 is 23.8 Å². The monoisotopic (exact) mass is 352 g/mol. The topological polar surface area (TPSA) is 85.9 Å². The van der Waals surface area contributed by atoms with E-state index in [4.69, 9.17) is 14.2 Å². The van der Waals surface area contributed by atoms with E-state index in [1.165, 1.54) is 0 Å². The van der Waals surface area contributed by atoms with E-state index in [1.54, 1.807) is 12.1 Å². The second-order valence-electron chi connectivity index (χ2n) is 5.51. The quantitative estimate of drug-likeness (QED) is 0.674. The van der Waals surface area contributed by atoms with Crippen LogP contribution in [-0.2, 0) is 4.79 Å². The normalized spacial score (nSPS) is 10.3. The first-order chi connectivity index (χ1) is 11.9. The largest absolute Gasteiger partial charge is 0.490 e. The van der Waals surface area contributed by atoms with Crippen molar-refractivity contribution in [3.8, 4) is 17.2 Å². The van der Waals surface area contributed by atoms with Gasteiger partial charge in [0.1, 0.15) is 0 Å². The van der Waals surface area contributed by atoms with Gasteiger partial charge in [0.15, 0.2) is 11.5 Å². The molecule has 2 amide bonds. The van der Waals surface area contributed by atoms with Crippen LogP contribution in [0.25, 0.3) is 0 Å². The van der Waals surface area contributed by atoms with Gasteiger partial charge in [-0.2, -0.15) is 0 Å². The minimum absolute atomic E-state index is 0.0176. The molecule has 0 atom stereocenters. The maximum Gasteiger partial charge on any atom is 0.251 e. The summed E-state index contributed by atoms with van der Waals surface area (Å²) in [6, 6.07) is 3.20. The number of benzene rings is 1. The molecule has 0 aliphatic carbocycles. The second kappa shape index (κ2) is 10.4. The highest BCUT2D eigenvalue weighted by Crippen LogP contribution is 2.39. The van der Waals surface area contributed by atoms with E-state index >= 15 is 0 Å². The van der Waals surface area contributed by atoms with Crippen LogP contribution in [0, 0.1) is 0 Å². The lowest BCUT2D eigenvalue weighted by Crippen LogP contribution is -2.39. The summed E-state index contributed by atoms with van der Waals surface area (Å²) in [5.41, 5.74) is 0.340. The summed E-state index contributed by atoms with van der Waals surface area (Å²) in [5, 5.41) is 5.31. The number of amides is 2. The number of rotatable bonds is 10. The Morgan fingerprint density at radius 3 is 1.92 bits per heavy atom. The Labute approximate surface area is 149 Å². The summed E-state index contributed by atoms with van der Waals surface area (Å²) in [6.45, 7) is 10.5. The van der Waals surface area contributed by atoms with Gasteiger partial charge in [-0.25, -0.2) is 0 Å². The molecule has 7 heteroatoms. The molecule has 0 aliphatic rings. The zero-order valence-electron chi connectivity index (χ0n) is 15.6. The fraction of sp³-hybridized carbons (Fsp3) is 0.556. The number of carbonyl (C=O) groups excluding carboxylic acids is 2. The van der Waals surface area contributed by atoms with Crippen LogP contribution in [0.2, 0.25) is 0 Å². The molecular weight excluding hydrogens is 324 g/mol. The number of hydrogen-bond donors (Lipinski definition) is 2. The molecule has 0 aromatic heterocycles. The molecule has 0 fully saturated rings. The van der Waals surface area contributed by atoms with Crippen LogP contribution in [0.15, 0.2) is 12.1 Å². The van der Waals surface area contributed by atoms with E-state index in [9.17, 15) is 9.59 Å². The average Bonchev–Trinajstić information content (AvgIpc) is 2.55. The highest BCUT2D eigenvalue weighted by Gasteiger charge is 2.18. The van der Waals surface area contributed by atoms with E-state index in [2.05, 4.69) is 10.6 Å². The summed E-state index contributed by atoms with van der Waals surface area (Å²) in [7, 11) is 0. The van der Waals surface area contributed by atoms with Gasteiger partial charge in [0, 0.05) is 11.6 Å². The Morgan fingerprint density at radius 1 is 0.960 bits per heavy atom. The summed E-state index contributed by atoms with van der Waals surface area (Å²) < 4.78 is 16.8. The van der Waals surface area contributed by atoms with Crippen LogP contribution in [0.3, 0.4) is 0 Å². The molecule has 140 valence electrons. The summed E-state index contributed by atoms with van der Waals surface area (Å²) in [6.07, 6.45) is 0. The lowest BCUT2D eigenvalue weighted by atomic mass is 10.1. The summed E-state index contributed by atoms with van der Waals surface area (Å²) in [4.78, 5) is 24.0. The third-order valence-electron chi connectivity index (χ3n) is 3.03. The van der Waals surface area contributed by atoms with Gasteiger partial charge in [0.2, 0.25) is 11.7 Å². The number of ether oxygens (including phenoxy) is 3. The predicted molar refractivity (Wildman–Crippen MR) is 95.6 cm³/mol. The smallest absolute Gasteiger partial charge is 0.251 e. The van der Waals surface area contributed by atoms with Gasteiger partial charge in [0.05, 0.1) is 26.4 Å². The molecular formula is C18H28N2O5. The van der Waals surface area contributed by atoms with E-state index in [-0.39, 0.29) is 24.4 Å². The van der Waals surface area contributed by atoms with E-state index in [1.807, 2.05) is 34.6 Å². The summed E-state index contributed by atoms with van der Waals surface area (Å²) in [5.74, 6) is 0.715. The standard InChI is InChI=1S/C18H28N2O5/c1-6-23-14-9-13(10-15(24-7-2)17(14)25-8-3)18(22)19-11-16(21)20-12(4)5/h9-10,12H,6-8,11H2,1-5H3,(H,19,22)(H,20,21). The molecule has 0 heterocycles. The van der Waals surface area contributed by atoms with Crippen LogP contribution < -0.4 is 24.8 Å².